The monoisotopic (exact) mass is 419 g/mol. The van der Waals surface area contributed by atoms with Crippen LogP contribution in [-0.4, -0.2) is 34.7 Å². The normalized spacial score (nSPS) is 13.4. The summed E-state index contributed by atoms with van der Waals surface area (Å²) in [5.74, 6) is 0.779. The summed E-state index contributed by atoms with van der Waals surface area (Å²) in [7, 11) is 0. The van der Waals surface area contributed by atoms with Crippen molar-refractivity contribution < 1.29 is 9.72 Å². The van der Waals surface area contributed by atoms with Gasteiger partial charge in [0.2, 0.25) is 0 Å². The Labute approximate surface area is 157 Å². The largest absolute Gasteiger partial charge is 0.313 e. The first-order chi connectivity index (χ1) is 12.0. The Hall–Kier alpha value is -2.19. The van der Waals surface area contributed by atoms with Crippen molar-refractivity contribution >= 4 is 50.0 Å². The van der Waals surface area contributed by atoms with Crippen LogP contribution in [0.15, 0.2) is 58.0 Å². The molecule has 0 fully saturated rings. The maximum Gasteiger partial charge on any atom is 0.269 e. The van der Waals surface area contributed by atoms with Gasteiger partial charge in [-0.25, -0.2) is 0 Å². The molecule has 6 nitrogen and oxygen atoms in total. The van der Waals surface area contributed by atoms with E-state index in [2.05, 4.69) is 20.9 Å². The van der Waals surface area contributed by atoms with E-state index in [0.29, 0.717) is 5.56 Å². The molecule has 8 heteroatoms. The predicted octanol–water partition coefficient (Wildman–Crippen LogP) is 4.15. The number of benzene rings is 2. The molecular formula is C17H14BrN3O3S. The van der Waals surface area contributed by atoms with Gasteiger partial charge in [0.05, 0.1) is 18.0 Å². The molecule has 1 aliphatic heterocycles. The van der Waals surface area contributed by atoms with E-state index in [1.807, 2.05) is 29.2 Å². The average Bonchev–Trinajstić information content (AvgIpc) is 3.15. The van der Waals surface area contributed by atoms with E-state index >= 15 is 0 Å². The third-order valence-electron chi connectivity index (χ3n) is 3.64. The van der Waals surface area contributed by atoms with E-state index < -0.39 is 4.92 Å². The second-order valence-electron chi connectivity index (χ2n) is 5.30. The lowest BCUT2D eigenvalue weighted by atomic mass is 10.1. The second-order valence-corrected chi connectivity index (χ2v) is 7.28. The SMILES string of the molecule is O=C(CN(C1=NCCS1)c1ccc(Br)cc1)c1ccc([N+](=O)[O-])cc1. The molecule has 0 aromatic heterocycles. The minimum atomic E-state index is -0.480. The molecule has 128 valence electrons. The highest BCUT2D eigenvalue weighted by atomic mass is 79.9. The van der Waals surface area contributed by atoms with E-state index in [4.69, 9.17) is 0 Å². The first-order valence-electron chi connectivity index (χ1n) is 7.52. The number of nitro groups is 1. The summed E-state index contributed by atoms with van der Waals surface area (Å²) in [6, 6.07) is 13.4. The molecule has 0 bridgehead atoms. The molecule has 0 unspecified atom stereocenters. The van der Waals surface area contributed by atoms with Crippen molar-refractivity contribution in [3.05, 3.63) is 68.7 Å². The number of anilines is 1. The Morgan fingerprint density at radius 2 is 1.88 bits per heavy atom. The molecule has 0 aliphatic carbocycles. The van der Waals surface area contributed by atoms with Crippen molar-refractivity contribution in [2.75, 3.05) is 23.7 Å². The number of halogens is 1. The Kier molecular flexibility index (Phi) is 5.50. The molecule has 0 saturated heterocycles. The predicted molar refractivity (Wildman–Crippen MR) is 104 cm³/mol. The summed E-state index contributed by atoms with van der Waals surface area (Å²) >= 11 is 5.02. The number of carbonyl (C=O) groups is 1. The van der Waals surface area contributed by atoms with Crippen LogP contribution < -0.4 is 4.90 Å². The topological polar surface area (TPSA) is 75.8 Å². The fourth-order valence-electron chi connectivity index (χ4n) is 2.38. The summed E-state index contributed by atoms with van der Waals surface area (Å²) in [5, 5.41) is 11.6. The zero-order chi connectivity index (χ0) is 17.8. The van der Waals surface area contributed by atoms with Crippen LogP contribution >= 0.6 is 27.7 Å². The molecule has 2 aromatic rings. The van der Waals surface area contributed by atoms with Gasteiger partial charge in [-0.3, -0.25) is 19.9 Å². The Morgan fingerprint density at radius 3 is 2.44 bits per heavy atom. The van der Waals surface area contributed by atoms with Crippen LogP contribution in [0.5, 0.6) is 0 Å². The van der Waals surface area contributed by atoms with Gasteiger partial charge in [0.15, 0.2) is 11.0 Å². The van der Waals surface area contributed by atoms with Crippen molar-refractivity contribution in [2.45, 2.75) is 0 Å². The molecule has 0 atom stereocenters. The number of non-ortho nitro benzene ring substituents is 1. The number of amidine groups is 1. The first kappa shape index (κ1) is 17.6. The minimum absolute atomic E-state index is 0.0305. The van der Waals surface area contributed by atoms with Crippen LogP contribution in [0.3, 0.4) is 0 Å². The Balaban J connectivity index is 1.83. The molecule has 25 heavy (non-hydrogen) atoms. The van der Waals surface area contributed by atoms with E-state index in [9.17, 15) is 14.9 Å². The molecule has 2 aromatic carbocycles. The first-order valence-corrected chi connectivity index (χ1v) is 9.30. The van der Waals surface area contributed by atoms with E-state index in [1.54, 1.807) is 11.8 Å². The molecule has 1 aliphatic rings. The minimum Gasteiger partial charge on any atom is -0.313 e. The van der Waals surface area contributed by atoms with Crippen LogP contribution in [0.25, 0.3) is 0 Å². The molecule has 3 rings (SSSR count). The van der Waals surface area contributed by atoms with Crippen LogP contribution in [0.2, 0.25) is 0 Å². The number of carbonyl (C=O) groups excluding carboxylic acids is 1. The average molecular weight is 420 g/mol. The lowest BCUT2D eigenvalue weighted by molar-refractivity contribution is -0.384. The van der Waals surface area contributed by atoms with Gasteiger partial charge in [0.25, 0.3) is 5.69 Å². The summed E-state index contributed by atoms with van der Waals surface area (Å²) in [5.41, 5.74) is 1.29. The van der Waals surface area contributed by atoms with Gasteiger partial charge < -0.3 is 4.90 Å². The van der Waals surface area contributed by atoms with E-state index in [0.717, 1.165) is 27.6 Å². The Morgan fingerprint density at radius 1 is 1.20 bits per heavy atom. The van der Waals surface area contributed by atoms with Gasteiger partial charge >= 0.3 is 0 Å². The molecule has 0 N–H and O–H groups in total. The zero-order valence-corrected chi connectivity index (χ0v) is 15.5. The lowest BCUT2D eigenvalue weighted by Gasteiger charge is -2.23. The van der Waals surface area contributed by atoms with Crippen LogP contribution in [0.1, 0.15) is 10.4 Å². The van der Waals surface area contributed by atoms with Gasteiger partial charge in [-0.15, -0.1) is 0 Å². The number of Topliss-reactive ketones (excluding diaryl/α,β-unsaturated/α-hetero) is 1. The molecular weight excluding hydrogens is 406 g/mol. The highest BCUT2D eigenvalue weighted by Crippen LogP contribution is 2.25. The summed E-state index contributed by atoms with van der Waals surface area (Å²) in [6.45, 7) is 0.865. The van der Waals surface area contributed by atoms with E-state index in [1.165, 1.54) is 24.3 Å². The van der Waals surface area contributed by atoms with Gasteiger partial charge in [-0.2, -0.15) is 0 Å². The maximum absolute atomic E-state index is 12.6. The van der Waals surface area contributed by atoms with Crippen LogP contribution in [0.4, 0.5) is 11.4 Å². The number of nitro benzene ring substituents is 1. The molecule has 0 saturated carbocycles. The standard InChI is InChI=1S/C17H14BrN3O3S/c18-13-3-7-14(8-4-13)20(17-19-9-10-25-17)11-16(22)12-1-5-15(6-2-12)21(23)24/h1-8H,9-11H2. The number of thioether (sulfide) groups is 1. The number of hydrogen-bond donors (Lipinski definition) is 0. The smallest absolute Gasteiger partial charge is 0.269 e. The molecule has 0 spiro atoms. The number of ketones is 1. The number of nitrogens with zero attached hydrogens (tertiary/aromatic N) is 3. The lowest BCUT2D eigenvalue weighted by Crippen LogP contribution is -2.33. The van der Waals surface area contributed by atoms with Gasteiger partial charge in [0, 0.05) is 33.6 Å². The second kappa shape index (κ2) is 7.79. The molecule has 1 heterocycles. The fraction of sp³-hybridized carbons (Fsp3) is 0.176. The Bertz CT molecular complexity index is 822. The van der Waals surface area contributed by atoms with Crippen molar-refractivity contribution in [1.82, 2.24) is 0 Å². The van der Waals surface area contributed by atoms with Crippen LogP contribution in [0, 0.1) is 10.1 Å². The van der Waals surface area contributed by atoms with Crippen LogP contribution in [-0.2, 0) is 0 Å². The fourth-order valence-corrected chi connectivity index (χ4v) is 3.52. The number of hydrogen-bond acceptors (Lipinski definition) is 6. The molecule has 0 radical (unpaired) electrons. The van der Waals surface area contributed by atoms with Gasteiger partial charge in [-0.1, -0.05) is 27.7 Å². The quantitative estimate of drug-likeness (QED) is 0.413. The summed E-state index contributed by atoms with van der Waals surface area (Å²) < 4.78 is 0.957. The number of aliphatic imine (C=N–C) groups is 1. The van der Waals surface area contributed by atoms with Crippen molar-refractivity contribution in [3.63, 3.8) is 0 Å². The molecule has 0 amide bonds. The van der Waals surface area contributed by atoms with Crippen molar-refractivity contribution in [1.29, 1.82) is 0 Å². The zero-order valence-electron chi connectivity index (χ0n) is 13.1. The van der Waals surface area contributed by atoms with Gasteiger partial charge in [0.1, 0.15) is 0 Å². The van der Waals surface area contributed by atoms with Crippen molar-refractivity contribution in [2.24, 2.45) is 4.99 Å². The summed E-state index contributed by atoms with van der Waals surface area (Å²) in [4.78, 5) is 29.3. The van der Waals surface area contributed by atoms with E-state index in [-0.39, 0.29) is 18.0 Å². The maximum atomic E-state index is 12.6. The van der Waals surface area contributed by atoms with Crippen molar-refractivity contribution in [3.8, 4) is 0 Å². The highest BCUT2D eigenvalue weighted by molar-refractivity contribution is 9.10. The van der Waals surface area contributed by atoms with Gasteiger partial charge in [-0.05, 0) is 36.4 Å². The third kappa shape index (κ3) is 4.26. The summed E-state index contributed by atoms with van der Waals surface area (Å²) in [6.07, 6.45) is 0. The third-order valence-corrected chi connectivity index (χ3v) is 5.16. The highest BCUT2D eigenvalue weighted by Gasteiger charge is 2.21. The number of rotatable bonds is 5.